The fraction of sp³-hybridized carbons (Fsp3) is 0.857. The minimum Gasteiger partial charge on any atom is -0.139 e. The van der Waals surface area contributed by atoms with E-state index in [1.165, 1.54) is 38.5 Å². The second-order valence-electron chi connectivity index (χ2n) is 6.86. The summed E-state index contributed by atoms with van der Waals surface area (Å²) in [5, 5.41) is 0.479. The van der Waals surface area contributed by atoms with Gasteiger partial charge in [0.1, 0.15) is 0 Å². The molecule has 0 aromatic carbocycles. The average molecular weight is 362 g/mol. The van der Waals surface area contributed by atoms with Gasteiger partial charge in [0.05, 0.1) is 0 Å². The molecule has 2 aliphatic rings. The van der Waals surface area contributed by atoms with Gasteiger partial charge in [-0.2, -0.15) is 0 Å². The lowest BCUT2D eigenvalue weighted by atomic mass is 9.48. The summed E-state index contributed by atoms with van der Waals surface area (Å²) >= 11 is 7.65. The Kier molecular flexibility index (Phi) is 4.20. The van der Waals surface area contributed by atoms with Gasteiger partial charge in [-0.3, -0.25) is 0 Å². The lowest BCUT2D eigenvalue weighted by Crippen LogP contribution is -2.38. The molecule has 0 bridgehead atoms. The van der Waals surface area contributed by atoms with Gasteiger partial charge in [-0.25, -0.2) is 0 Å². The van der Waals surface area contributed by atoms with Crippen molar-refractivity contribution >= 4 is 35.9 Å². The van der Waals surface area contributed by atoms with Crippen molar-refractivity contribution in [2.75, 3.05) is 0 Å². The number of hydrogen-bond acceptors (Lipinski definition) is 0. The predicted octanol–water partition coefficient (Wildman–Crippen LogP) is 5.96. The Labute approximate surface area is 123 Å². The van der Waals surface area contributed by atoms with Crippen LogP contribution in [-0.4, -0.2) is 4.36 Å². The van der Waals surface area contributed by atoms with E-state index in [0.717, 1.165) is 5.92 Å². The molecule has 17 heavy (non-hydrogen) atoms. The largest absolute Gasteiger partial charge is 0.305 e. The van der Waals surface area contributed by atoms with Crippen LogP contribution in [0.1, 0.15) is 59.3 Å². The average Bonchev–Trinajstić information content (AvgIpc) is 2.26. The van der Waals surface area contributed by atoms with E-state index < -0.39 is 0 Å². The van der Waals surface area contributed by atoms with Crippen LogP contribution in [0.4, 0.5) is 0 Å². The zero-order valence-corrected chi connectivity index (χ0v) is 14.4. The van der Waals surface area contributed by atoms with Crippen molar-refractivity contribution in [3.63, 3.8) is 0 Å². The van der Waals surface area contributed by atoms with Gasteiger partial charge in [0, 0.05) is 0 Å². The molecule has 2 rings (SSSR count). The zero-order valence-electron chi connectivity index (χ0n) is 11.2. The van der Waals surface area contributed by atoms with Gasteiger partial charge in [-0.05, 0) is 29.5 Å². The van der Waals surface area contributed by atoms with E-state index >= 15 is 0 Å². The van der Waals surface area contributed by atoms with Gasteiger partial charge in [0.25, 0.3) is 0 Å². The van der Waals surface area contributed by atoms with Crippen LogP contribution in [-0.2, 0) is 0 Å². The molecule has 0 unspecified atom stereocenters. The molecule has 0 aromatic heterocycles. The molecule has 1 saturated carbocycles. The van der Waals surface area contributed by atoms with Crippen molar-refractivity contribution in [2.24, 2.45) is 11.3 Å². The number of allylic oxidation sites excluding steroid dienone is 2. The number of rotatable bonds is 1. The van der Waals surface area contributed by atoms with E-state index in [0.29, 0.717) is 15.1 Å². The standard InChI is InChI=1S/C14H23BBr2/c1-13(2,3)11-7-9-14(15(16)17)8-5-4-6-12(14)10-11/h7,12H,4-6,8-10H2,1-3H3/t12-,14-/m0/s1. The highest BCUT2D eigenvalue weighted by molar-refractivity contribution is 9.49. The van der Waals surface area contributed by atoms with E-state index in [1.807, 2.05) is 0 Å². The third-order valence-corrected chi connectivity index (χ3v) is 6.67. The quantitative estimate of drug-likeness (QED) is 0.399. The Bertz CT molecular complexity index is 317. The van der Waals surface area contributed by atoms with E-state index in [-0.39, 0.29) is 0 Å². The van der Waals surface area contributed by atoms with Crippen LogP contribution in [0.2, 0.25) is 5.31 Å². The summed E-state index contributed by atoms with van der Waals surface area (Å²) in [6.45, 7) is 7.07. The first-order valence-corrected chi connectivity index (χ1v) is 8.67. The topological polar surface area (TPSA) is 0 Å². The number of fused-ring (bicyclic) bond motifs is 1. The van der Waals surface area contributed by atoms with Gasteiger partial charge < -0.3 is 0 Å². The number of halogens is 2. The van der Waals surface area contributed by atoms with Crippen LogP contribution < -0.4 is 0 Å². The molecule has 1 fully saturated rings. The van der Waals surface area contributed by atoms with E-state index in [1.54, 1.807) is 5.57 Å². The first-order valence-electron chi connectivity index (χ1n) is 6.84. The molecule has 0 nitrogen and oxygen atoms in total. The Morgan fingerprint density at radius 3 is 2.59 bits per heavy atom. The third kappa shape index (κ3) is 2.70. The Hall–Kier alpha value is 0.765. The Morgan fingerprint density at radius 2 is 2.00 bits per heavy atom. The van der Waals surface area contributed by atoms with Gasteiger partial charge in [0.2, 0.25) is 0 Å². The normalized spacial score (nSPS) is 33.9. The van der Waals surface area contributed by atoms with Crippen molar-refractivity contribution < 1.29 is 0 Å². The molecule has 0 radical (unpaired) electrons. The van der Waals surface area contributed by atoms with Crippen molar-refractivity contribution in [1.82, 2.24) is 0 Å². The summed E-state index contributed by atoms with van der Waals surface area (Å²) in [6, 6.07) is 0. The molecule has 0 aromatic rings. The second kappa shape index (κ2) is 5.04. The van der Waals surface area contributed by atoms with Crippen molar-refractivity contribution in [3.8, 4) is 0 Å². The van der Waals surface area contributed by atoms with Gasteiger partial charge in [0.15, 0.2) is 0 Å². The van der Waals surface area contributed by atoms with Crippen LogP contribution in [0.25, 0.3) is 0 Å². The van der Waals surface area contributed by atoms with Crippen molar-refractivity contribution in [2.45, 2.75) is 64.6 Å². The van der Waals surface area contributed by atoms with Crippen LogP contribution in [0, 0.1) is 11.3 Å². The van der Waals surface area contributed by atoms with Crippen LogP contribution in [0.3, 0.4) is 0 Å². The minimum atomic E-state index is 0.359. The summed E-state index contributed by atoms with van der Waals surface area (Å²) in [6.07, 6.45) is 10.7. The first kappa shape index (κ1) is 14.2. The Morgan fingerprint density at radius 1 is 1.29 bits per heavy atom. The van der Waals surface area contributed by atoms with Crippen LogP contribution >= 0.6 is 31.5 Å². The van der Waals surface area contributed by atoms with E-state index in [9.17, 15) is 0 Å². The molecule has 0 N–H and O–H groups in total. The lowest BCUT2D eigenvalue weighted by molar-refractivity contribution is 0.228. The number of hydrogen-bond donors (Lipinski definition) is 0. The fourth-order valence-electron chi connectivity index (χ4n) is 3.56. The predicted molar refractivity (Wildman–Crippen MR) is 85.0 cm³/mol. The first-order chi connectivity index (χ1) is 7.86. The summed E-state index contributed by atoms with van der Waals surface area (Å²) in [7, 11) is 0. The molecule has 96 valence electrons. The summed E-state index contributed by atoms with van der Waals surface area (Å²) in [4.78, 5) is 0. The van der Waals surface area contributed by atoms with E-state index in [4.69, 9.17) is 0 Å². The molecular formula is C14H23BBr2. The highest BCUT2D eigenvalue weighted by atomic mass is 79.9. The molecule has 2 atom stereocenters. The monoisotopic (exact) mass is 360 g/mol. The van der Waals surface area contributed by atoms with Crippen molar-refractivity contribution in [1.29, 1.82) is 0 Å². The minimum absolute atomic E-state index is 0.359. The fourth-order valence-corrected chi connectivity index (χ4v) is 5.14. The van der Waals surface area contributed by atoms with Gasteiger partial charge in [-0.1, -0.05) is 58.1 Å². The van der Waals surface area contributed by atoms with Crippen LogP contribution in [0.15, 0.2) is 11.6 Å². The van der Waals surface area contributed by atoms with Crippen LogP contribution in [0.5, 0.6) is 0 Å². The molecule has 0 amide bonds. The maximum atomic E-state index is 3.83. The molecular weight excluding hydrogens is 339 g/mol. The zero-order chi connectivity index (χ0) is 12.7. The maximum absolute atomic E-state index is 3.83. The molecule has 0 saturated heterocycles. The Balaban J connectivity index is 2.26. The molecule has 2 aliphatic carbocycles. The highest BCUT2D eigenvalue weighted by Crippen LogP contribution is 2.60. The SMILES string of the molecule is CC(C)(C)C1=CC[C@@]2(B(Br)Br)CCCC[C@H]2C1. The molecule has 0 heterocycles. The molecule has 3 heteroatoms. The maximum Gasteiger partial charge on any atom is 0.305 e. The third-order valence-electron chi connectivity index (χ3n) is 4.85. The second-order valence-corrected chi connectivity index (χ2v) is 9.92. The summed E-state index contributed by atoms with van der Waals surface area (Å²) in [5.41, 5.74) is 2.04. The summed E-state index contributed by atoms with van der Waals surface area (Å²) < 4.78 is 0.477. The van der Waals surface area contributed by atoms with Gasteiger partial charge >= 0.3 is 4.36 Å². The molecule has 0 spiro atoms. The highest BCUT2D eigenvalue weighted by Gasteiger charge is 2.48. The van der Waals surface area contributed by atoms with Gasteiger partial charge in [-0.15, -0.1) is 31.5 Å². The molecule has 0 aliphatic heterocycles. The summed E-state index contributed by atoms with van der Waals surface area (Å²) in [5.74, 6) is 0.874. The van der Waals surface area contributed by atoms with Crippen molar-refractivity contribution in [3.05, 3.63) is 11.6 Å². The lowest BCUT2D eigenvalue weighted by Gasteiger charge is -2.49. The smallest absolute Gasteiger partial charge is 0.139 e. The van der Waals surface area contributed by atoms with E-state index in [2.05, 4.69) is 58.4 Å².